The zero-order valence-electron chi connectivity index (χ0n) is 15.3. The fraction of sp³-hybridized carbons (Fsp3) is 0.412. The molecule has 0 radical (unpaired) electrons. The molecule has 150 valence electrons. The molecular weight excluding hydrogens is 380 g/mol. The second kappa shape index (κ2) is 12.0. The van der Waals surface area contributed by atoms with Gasteiger partial charge in [-0.1, -0.05) is 6.07 Å². The van der Waals surface area contributed by atoms with Crippen LogP contribution in [0.5, 0.6) is 11.5 Å². The molecule has 1 atom stereocenters. The number of nitrogens with one attached hydrogen (secondary N) is 3. The van der Waals surface area contributed by atoms with E-state index in [4.69, 9.17) is 21.7 Å². The minimum absolute atomic E-state index is 0.0200. The van der Waals surface area contributed by atoms with Gasteiger partial charge in [-0.3, -0.25) is 15.6 Å². The van der Waals surface area contributed by atoms with Crippen LogP contribution in [0.3, 0.4) is 0 Å². The van der Waals surface area contributed by atoms with Gasteiger partial charge in [0.1, 0.15) is 0 Å². The van der Waals surface area contributed by atoms with E-state index in [1.54, 1.807) is 14.0 Å². The molecule has 0 spiro atoms. The fourth-order valence-corrected chi connectivity index (χ4v) is 2.23. The molecule has 3 N–H and O–H groups in total. The van der Waals surface area contributed by atoms with Crippen LogP contribution in [0, 0.1) is 0 Å². The molecule has 0 unspecified atom stereocenters. The van der Waals surface area contributed by atoms with Crippen LogP contribution in [0.15, 0.2) is 24.3 Å². The number of hydrogen-bond acceptors (Lipinski definition) is 5. The van der Waals surface area contributed by atoms with Gasteiger partial charge in [0.2, 0.25) is 0 Å². The maximum Gasteiger partial charge on any atom is 0.387 e. The van der Waals surface area contributed by atoms with Gasteiger partial charge in [0, 0.05) is 19.2 Å². The first-order valence-corrected chi connectivity index (χ1v) is 8.51. The number of hydrogen-bond donors (Lipinski definition) is 3. The van der Waals surface area contributed by atoms with E-state index in [0.717, 1.165) is 0 Å². The third-order valence-corrected chi connectivity index (χ3v) is 3.22. The summed E-state index contributed by atoms with van der Waals surface area (Å²) in [7, 11) is 1.57. The van der Waals surface area contributed by atoms with Crippen LogP contribution in [0.4, 0.5) is 8.78 Å². The maximum atomic E-state index is 12.4. The highest BCUT2D eigenvalue weighted by molar-refractivity contribution is 7.80. The van der Waals surface area contributed by atoms with E-state index >= 15 is 0 Å². The van der Waals surface area contributed by atoms with Gasteiger partial charge in [0.05, 0.1) is 13.2 Å². The molecule has 0 aromatic heterocycles. The van der Waals surface area contributed by atoms with Crippen molar-refractivity contribution in [2.75, 3.05) is 20.3 Å². The lowest BCUT2D eigenvalue weighted by Crippen LogP contribution is -2.49. The van der Waals surface area contributed by atoms with Crippen molar-refractivity contribution in [2.24, 2.45) is 0 Å². The third-order valence-electron chi connectivity index (χ3n) is 3.00. The van der Waals surface area contributed by atoms with Crippen molar-refractivity contribution in [1.29, 1.82) is 0 Å². The van der Waals surface area contributed by atoms with E-state index in [2.05, 4.69) is 20.9 Å². The Morgan fingerprint density at radius 1 is 1.30 bits per heavy atom. The van der Waals surface area contributed by atoms with E-state index < -0.39 is 12.5 Å². The zero-order valence-corrected chi connectivity index (χ0v) is 16.1. The highest BCUT2D eigenvalue weighted by Crippen LogP contribution is 2.30. The average molecular weight is 403 g/mol. The van der Waals surface area contributed by atoms with E-state index in [-0.39, 0.29) is 29.3 Å². The largest absolute Gasteiger partial charge is 0.490 e. The van der Waals surface area contributed by atoms with Crippen molar-refractivity contribution < 1.29 is 27.8 Å². The van der Waals surface area contributed by atoms with E-state index in [1.807, 2.05) is 6.92 Å². The van der Waals surface area contributed by atoms with E-state index in [1.165, 1.54) is 30.4 Å². The van der Waals surface area contributed by atoms with Crippen LogP contribution in [-0.4, -0.2) is 44.0 Å². The number of rotatable bonds is 9. The molecule has 0 fully saturated rings. The minimum atomic E-state index is -2.95. The lowest BCUT2D eigenvalue weighted by Gasteiger charge is -2.15. The first kappa shape index (κ1) is 22.6. The summed E-state index contributed by atoms with van der Waals surface area (Å²) in [5, 5.41) is 3.16. The highest BCUT2D eigenvalue weighted by atomic mass is 32.1. The molecule has 0 aliphatic heterocycles. The molecular formula is C17H23F2N3O4S. The van der Waals surface area contributed by atoms with Crippen LogP contribution < -0.4 is 25.6 Å². The van der Waals surface area contributed by atoms with Gasteiger partial charge in [-0.2, -0.15) is 8.78 Å². The second-order valence-corrected chi connectivity index (χ2v) is 5.70. The van der Waals surface area contributed by atoms with Gasteiger partial charge >= 0.3 is 6.61 Å². The number of benzene rings is 1. The van der Waals surface area contributed by atoms with Crippen LogP contribution >= 0.6 is 12.2 Å². The summed E-state index contributed by atoms with van der Waals surface area (Å²) in [5.74, 6) is -0.364. The van der Waals surface area contributed by atoms with Crippen LogP contribution in [0.25, 0.3) is 6.08 Å². The molecule has 10 heteroatoms. The summed E-state index contributed by atoms with van der Waals surface area (Å²) < 4.78 is 39.4. The predicted molar refractivity (Wildman–Crippen MR) is 102 cm³/mol. The molecule has 7 nitrogen and oxygen atoms in total. The van der Waals surface area contributed by atoms with Gasteiger partial charge in [-0.15, -0.1) is 0 Å². The summed E-state index contributed by atoms with van der Waals surface area (Å²) in [6.45, 7) is 1.38. The summed E-state index contributed by atoms with van der Waals surface area (Å²) in [6.07, 6.45) is 2.75. The fourth-order valence-electron chi connectivity index (χ4n) is 1.97. The molecule has 27 heavy (non-hydrogen) atoms. The zero-order chi connectivity index (χ0) is 20.2. The van der Waals surface area contributed by atoms with Gasteiger partial charge in [-0.05, 0) is 49.8 Å². The maximum absolute atomic E-state index is 12.4. The average Bonchev–Trinajstić information content (AvgIpc) is 2.60. The van der Waals surface area contributed by atoms with Gasteiger partial charge in [0.15, 0.2) is 16.6 Å². The van der Waals surface area contributed by atoms with Gasteiger partial charge in [0.25, 0.3) is 5.91 Å². The lowest BCUT2D eigenvalue weighted by atomic mass is 10.2. The smallest absolute Gasteiger partial charge is 0.387 e. The summed E-state index contributed by atoms with van der Waals surface area (Å²) in [4.78, 5) is 11.8. The van der Waals surface area contributed by atoms with Crippen LogP contribution in [0.1, 0.15) is 19.4 Å². The molecule has 1 aromatic rings. The molecule has 0 saturated heterocycles. The normalized spacial score (nSPS) is 11.9. The number of amides is 1. The van der Waals surface area contributed by atoms with E-state index in [9.17, 15) is 13.6 Å². The number of methoxy groups -OCH3 is 1. The van der Waals surface area contributed by atoms with Crippen molar-refractivity contribution in [3.05, 3.63) is 29.8 Å². The number of hydrazine groups is 1. The number of ether oxygens (including phenoxy) is 3. The van der Waals surface area contributed by atoms with Crippen LogP contribution in [-0.2, 0) is 9.53 Å². The Balaban J connectivity index is 2.61. The quantitative estimate of drug-likeness (QED) is 0.331. The SMILES string of the molecule is CCOc1cc(/C=C/C(=O)NNC(=S)N[C@H](C)COC)ccc1OC(F)F. The Labute approximate surface area is 162 Å². The Morgan fingerprint density at radius 3 is 2.67 bits per heavy atom. The number of alkyl halides is 2. The highest BCUT2D eigenvalue weighted by Gasteiger charge is 2.11. The Bertz CT molecular complexity index is 659. The Kier molecular flexibility index (Phi) is 10.1. The monoisotopic (exact) mass is 403 g/mol. The standard InChI is InChI=1S/C17H23F2N3O4S/c1-4-25-14-9-12(5-7-13(14)26-16(18)19)6-8-15(23)21-22-17(27)20-11(2)10-24-3/h5-9,11,16H,4,10H2,1-3H3,(H,21,23)(H2,20,22,27)/b8-6+/t11-/m1/s1. The molecule has 0 heterocycles. The topological polar surface area (TPSA) is 80.9 Å². The molecule has 1 amide bonds. The Hall–Kier alpha value is -2.46. The number of carbonyl (C=O) groups excluding carboxylic acids is 1. The summed E-state index contributed by atoms with van der Waals surface area (Å²) in [6, 6.07) is 4.35. The first-order chi connectivity index (χ1) is 12.8. The Morgan fingerprint density at radius 2 is 2.04 bits per heavy atom. The van der Waals surface area contributed by atoms with Gasteiger partial charge < -0.3 is 19.5 Å². The third kappa shape index (κ3) is 9.15. The van der Waals surface area contributed by atoms with Crippen molar-refractivity contribution in [3.63, 3.8) is 0 Å². The molecule has 0 bridgehead atoms. The van der Waals surface area contributed by atoms with Crippen molar-refractivity contribution in [2.45, 2.75) is 26.5 Å². The van der Waals surface area contributed by atoms with Crippen molar-refractivity contribution >= 4 is 29.3 Å². The molecule has 0 aliphatic carbocycles. The van der Waals surface area contributed by atoms with Crippen molar-refractivity contribution in [3.8, 4) is 11.5 Å². The molecule has 1 rings (SSSR count). The van der Waals surface area contributed by atoms with E-state index in [0.29, 0.717) is 12.2 Å². The van der Waals surface area contributed by atoms with Crippen molar-refractivity contribution in [1.82, 2.24) is 16.2 Å². The number of carbonyl (C=O) groups is 1. The number of thiocarbonyl (C=S) groups is 1. The summed E-state index contributed by atoms with van der Waals surface area (Å²) >= 11 is 5.03. The first-order valence-electron chi connectivity index (χ1n) is 8.10. The second-order valence-electron chi connectivity index (χ2n) is 5.30. The lowest BCUT2D eigenvalue weighted by molar-refractivity contribution is -0.117. The molecule has 1 aromatic carbocycles. The predicted octanol–water partition coefficient (Wildman–Crippen LogP) is 2.23. The summed E-state index contributed by atoms with van der Waals surface area (Å²) in [5.41, 5.74) is 5.53. The molecule has 0 aliphatic rings. The number of halogens is 2. The minimum Gasteiger partial charge on any atom is -0.490 e. The molecule has 0 saturated carbocycles. The van der Waals surface area contributed by atoms with Gasteiger partial charge in [-0.25, -0.2) is 0 Å². The van der Waals surface area contributed by atoms with Crippen LogP contribution in [0.2, 0.25) is 0 Å².